The summed E-state index contributed by atoms with van der Waals surface area (Å²) in [5, 5.41) is 9.91. The summed E-state index contributed by atoms with van der Waals surface area (Å²) in [7, 11) is 1.59. The highest BCUT2D eigenvalue weighted by Gasteiger charge is 2.50. The molecule has 154 valence electrons. The monoisotopic (exact) mass is 397 g/mol. The fourth-order valence-corrected chi connectivity index (χ4v) is 4.11. The van der Waals surface area contributed by atoms with Crippen molar-refractivity contribution in [3.63, 3.8) is 0 Å². The van der Waals surface area contributed by atoms with Gasteiger partial charge in [0.15, 0.2) is 0 Å². The van der Waals surface area contributed by atoms with Gasteiger partial charge in [0.2, 0.25) is 5.91 Å². The number of ether oxygens (including phenoxy) is 1. The van der Waals surface area contributed by atoms with Crippen LogP contribution < -0.4 is 0 Å². The number of rotatable bonds is 8. The largest absolute Gasteiger partial charge is 0.394 e. The van der Waals surface area contributed by atoms with Crippen LogP contribution in [-0.4, -0.2) is 77.2 Å². The van der Waals surface area contributed by atoms with Crippen LogP contribution in [0.4, 0.5) is 0 Å². The molecule has 3 rings (SSSR count). The Labute approximate surface area is 170 Å². The van der Waals surface area contributed by atoms with E-state index in [4.69, 9.17) is 4.74 Å². The van der Waals surface area contributed by atoms with Crippen LogP contribution >= 0.6 is 0 Å². The number of aliphatic hydroxyl groups is 1. The van der Waals surface area contributed by atoms with Crippen LogP contribution in [0.3, 0.4) is 0 Å². The van der Waals surface area contributed by atoms with Gasteiger partial charge in [-0.15, -0.1) is 0 Å². The van der Waals surface area contributed by atoms with Gasteiger partial charge in [0, 0.05) is 45.4 Å². The molecule has 2 aromatic rings. The number of aliphatic hydroxyl groups excluding tert-OH is 1. The molecular formula is C22H27N3O4. The zero-order chi connectivity index (χ0) is 20.8. The molecule has 0 unspecified atom stereocenters. The van der Waals surface area contributed by atoms with Gasteiger partial charge < -0.3 is 19.6 Å². The average Bonchev–Trinajstić information content (AvgIpc) is 2.73. The Kier molecular flexibility index (Phi) is 6.95. The van der Waals surface area contributed by atoms with Gasteiger partial charge in [0.1, 0.15) is 0 Å². The first-order valence-corrected chi connectivity index (χ1v) is 9.71. The number of likely N-dealkylation sites (tertiary alicyclic amines) is 1. The van der Waals surface area contributed by atoms with Gasteiger partial charge in [0.25, 0.3) is 5.91 Å². The van der Waals surface area contributed by atoms with Gasteiger partial charge in [-0.05, 0) is 17.7 Å². The van der Waals surface area contributed by atoms with Crippen molar-refractivity contribution in [2.45, 2.75) is 24.9 Å². The van der Waals surface area contributed by atoms with Crippen LogP contribution in [0.2, 0.25) is 0 Å². The minimum atomic E-state index is -0.294. The number of hydrogen-bond acceptors (Lipinski definition) is 5. The second-order valence-electron chi connectivity index (χ2n) is 7.17. The van der Waals surface area contributed by atoms with Gasteiger partial charge in [-0.1, -0.05) is 30.3 Å². The van der Waals surface area contributed by atoms with E-state index in [0.717, 1.165) is 5.56 Å². The fraction of sp³-hybridized carbons (Fsp3) is 0.409. The molecule has 0 bridgehead atoms. The van der Waals surface area contributed by atoms with Crippen molar-refractivity contribution in [2.24, 2.45) is 0 Å². The molecule has 1 aromatic carbocycles. The van der Waals surface area contributed by atoms with E-state index in [1.54, 1.807) is 35.2 Å². The number of methoxy groups -OCH3 is 1. The highest BCUT2D eigenvalue weighted by atomic mass is 16.5. The molecular weight excluding hydrogens is 370 g/mol. The van der Waals surface area contributed by atoms with Crippen molar-refractivity contribution in [1.82, 2.24) is 14.8 Å². The summed E-state index contributed by atoms with van der Waals surface area (Å²) in [5.41, 5.74) is 1.54. The number of carbonyl (C=O) groups is 2. The summed E-state index contributed by atoms with van der Waals surface area (Å²) < 4.78 is 5.19. The first-order valence-electron chi connectivity index (χ1n) is 9.71. The minimum Gasteiger partial charge on any atom is -0.394 e. The Morgan fingerprint density at radius 1 is 1.17 bits per heavy atom. The van der Waals surface area contributed by atoms with E-state index in [0.29, 0.717) is 25.3 Å². The number of amides is 2. The van der Waals surface area contributed by atoms with Gasteiger partial charge >= 0.3 is 0 Å². The van der Waals surface area contributed by atoms with E-state index in [9.17, 15) is 14.7 Å². The quantitative estimate of drug-likeness (QED) is 0.731. The Morgan fingerprint density at radius 3 is 2.52 bits per heavy atom. The molecule has 0 saturated carbocycles. The van der Waals surface area contributed by atoms with Crippen LogP contribution in [0.15, 0.2) is 54.9 Å². The Morgan fingerprint density at radius 2 is 1.93 bits per heavy atom. The zero-order valence-corrected chi connectivity index (χ0v) is 16.8. The number of carbonyl (C=O) groups excluding carboxylic acids is 2. The topological polar surface area (TPSA) is 83.0 Å². The maximum Gasteiger partial charge on any atom is 0.255 e. The van der Waals surface area contributed by atoms with E-state index < -0.39 is 0 Å². The molecule has 1 aliphatic rings. The maximum absolute atomic E-state index is 13.1. The molecule has 3 atom stereocenters. The number of pyridine rings is 1. The van der Waals surface area contributed by atoms with Gasteiger partial charge in [-0.2, -0.15) is 0 Å². The van der Waals surface area contributed by atoms with Crippen LogP contribution in [0.25, 0.3) is 0 Å². The Balaban J connectivity index is 1.88. The fourth-order valence-electron chi connectivity index (χ4n) is 4.11. The van der Waals surface area contributed by atoms with Gasteiger partial charge in [-0.25, -0.2) is 0 Å². The minimum absolute atomic E-state index is 0.0446. The molecule has 2 heterocycles. The predicted octanol–water partition coefficient (Wildman–Crippen LogP) is 1.55. The van der Waals surface area contributed by atoms with Crippen LogP contribution in [-0.2, 0) is 9.53 Å². The Hall–Kier alpha value is -2.77. The smallest absolute Gasteiger partial charge is 0.255 e. The van der Waals surface area contributed by atoms with E-state index in [2.05, 4.69) is 4.98 Å². The number of aromatic nitrogens is 1. The SMILES string of the molecule is COCCN(C[C@@H]1[C@@H](c2ccccc2)[C@@H](CO)N1C(C)=O)C(=O)c1cccnc1. The molecule has 0 spiro atoms. The lowest BCUT2D eigenvalue weighted by molar-refractivity contribution is -0.149. The number of hydrogen-bond donors (Lipinski definition) is 1. The zero-order valence-electron chi connectivity index (χ0n) is 16.8. The van der Waals surface area contributed by atoms with E-state index in [-0.39, 0.29) is 36.4 Å². The molecule has 0 radical (unpaired) electrons. The highest BCUT2D eigenvalue weighted by Crippen LogP contribution is 2.41. The summed E-state index contributed by atoms with van der Waals surface area (Å²) in [6.07, 6.45) is 3.16. The molecule has 1 saturated heterocycles. The molecule has 2 amide bonds. The molecule has 1 N–H and O–H groups in total. The van der Waals surface area contributed by atoms with E-state index in [1.165, 1.54) is 13.1 Å². The second-order valence-corrected chi connectivity index (χ2v) is 7.17. The molecule has 1 fully saturated rings. The van der Waals surface area contributed by atoms with E-state index >= 15 is 0 Å². The van der Waals surface area contributed by atoms with Crippen molar-refractivity contribution >= 4 is 11.8 Å². The van der Waals surface area contributed by atoms with Gasteiger partial charge in [0.05, 0.1) is 30.9 Å². The summed E-state index contributed by atoms with van der Waals surface area (Å²) in [6, 6.07) is 12.8. The first-order chi connectivity index (χ1) is 14.1. The predicted molar refractivity (Wildman–Crippen MR) is 108 cm³/mol. The van der Waals surface area contributed by atoms with Crippen molar-refractivity contribution in [1.29, 1.82) is 0 Å². The van der Waals surface area contributed by atoms with Gasteiger partial charge in [-0.3, -0.25) is 14.6 Å². The summed E-state index contributed by atoms with van der Waals surface area (Å²) in [6.45, 7) is 2.52. The van der Waals surface area contributed by atoms with E-state index in [1.807, 2.05) is 30.3 Å². The molecule has 0 aliphatic carbocycles. The summed E-state index contributed by atoms with van der Waals surface area (Å²) in [4.78, 5) is 32.8. The lowest BCUT2D eigenvalue weighted by Crippen LogP contribution is -2.68. The van der Waals surface area contributed by atoms with Crippen LogP contribution in [0.5, 0.6) is 0 Å². The molecule has 7 nitrogen and oxygen atoms in total. The third kappa shape index (κ3) is 4.46. The Bertz CT molecular complexity index is 815. The lowest BCUT2D eigenvalue weighted by Gasteiger charge is -2.55. The number of benzene rings is 1. The summed E-state index contributed by atoms with van der Waals surface area (Å²) in [5.74, 6) is -0.309. The molecule has 1 aliphatic heterocycles. The number of nitrogens with zero attached hydrogens (tertiary/aromatic N) is 3. The summed E-state index contributed by atoms with van der Waals surface area (Å²) >= 11 is 0. The normalized spacial score (nSPS) is 20.8. The molecule has 1 aromatic heterocycles. The van der Waals surface area contributed by atoms with Crippen molar-refractivity contribution < 1.29 is 19.4 Å². The second kappa shape index (κ2) is 9.62. The average molecular weight is 397 g/mol. The maximum atomic E-state index is 13.1. The first kappa shape index (κ1) is 21.0. The van der Waals surface area contributed by atoms with Crippen LogP contribution in [0.1, 0.15) is 28.8 Å². The molecule has 29 heavy (non-hydrogen) atoms. The third-order valence-corrected chi connectivity index (χ3v) is 5.45. The van der Waals surface area contributed by atoms with Crippen molar-refractivity contribution in [2.75, 3.05) is 33.4 Å². The highest BCUT2D eigenvalue weighted by molar-refractivity contribution is 5.94. The third-order valence-electron chi connectivity index (χ3n) is 5.45. The van der Waals surface area contributed by atoms with Crippen LogP contribution in [0, 0.1) is 0 Å². The lowest BCUT2D eigenvalue weighted by atomic mass is 9.74. The van der Waals surface area contributed by atoms with Crippen molar-refractivity contribution in [3.8, 4) is 0 Å². The van der Waals surface area contributed by atoms with Crippen molar-refractivity contribution in [3.05, 3.63) is 66.0 Å². The molecule has 7 heteroatoms. The standard InChI is InChI=1S/C22H27N3O4/c1-16(27)25-19(21(20(25)15-26)17-7-4-3-5-8-17)14-24(11-12-29-2)22(28)18-9-6-10-23-13-18/h3-10,13,19-21,26H,11-12,14-15H2,1-2H3/t19-,20-,21-/m1/s1.